The first-order valence-electron chi connectivity index (χ1n) is 16.4. The Morgan fingerprint density at radius 3 is 2.39 bits per heavy atom. The Hall–Kier alpha value is -3.45. The van der Waals surface area contributed by atoms with Crippen molar-refractivity contribution in [2.45, 2.75) is 85.1 Å². The van der Waals surface area contributed by atoms with Crippen molar-refractivity contribution in [3.05, 3.63) is 76.9 Å². The number of aryl methyl sites for hydroxylation is 1. The lowest BCUT2D eigenvalue weighted by Crippen LogP contribution is -2.38. The summed E-state index contributed by atoms with van der Waals surface area (Å²) in [5, 5.41) is 13.7. The summed E-state index contributed by atoms with van der Waals surface area (Å²) in [6, 6.07) is 14.6. The van der Waals surface area contributed by atoms with E-state index in [4.69, 9.17) is 9.72 Å². The summed E-state index contributed by atoms with van der Waals surface area (Å²) >= 11 is 0. The first kappa shape index (κ1) is 32.0. The van der Waals surface area contributed by atoms with Gasteiger partial charge in [-0.05, 0) is 85.9 Å². The lowest BCUT2D eigenvalue weighted by molar-refractivity contribution is -0.136. The highest BCUT2D eigenvalue weighted by Gasteiger charge is 2.31. The molecule has 0 radical (unpaired) electrons. The molecule has 7 heteroatoms. The topological polar surface area (TPSA) is 74.7 Å². The van der Waals surface area contributed by atoms with E-state index in [1.54, 1.807) is 12.1 Å². The van der Waals surface area contributed by atoms with E-state index in [1.165, 1.54) is 44.2 Å². The summed E-state index contributed by atoms with van der Waals surface area (Å²) < 4.78 is 19.3. The van der Waals surface area contributed by atoms with Crippen LogP contribution in [-0.4, -0.2) is 42.3 Å². The third-order valence-electron chi connectivity index (χ3n) is 9.48. The Morgan fingerprint density at radius 1 is 1.05 bits per heavy atom. The molecule has 1 aliphatic heterocycles. The van der Waals surface area contributed by atoms with E-state index in [2.05, 4.69) is 36.2 Å². The number of nitrogens with one attached hydrogen (secondary N) is 1. The molecule has 1 aliphatic carbocycles. The molecule has 3 aromatic rings. The molecule has 5 rings (SSSR count). The molecule has 236 valence electrons. The molecule has 1 saturated carbocycles. The lowest BCUT2D eigenvalue weighted by Gasteiger charge is -2.40. The third kappa shape index (κ3) is 8.38. The van der Waals surface area contributed by atoms with Crippen LogP contribution < -0.4 is 15.0 Å². The minimum atomic E-state index is -0.840. The molecule has 6 nitrogen and oxygen atoms in total. The minimum Gasteiger partial charge on any atom is -0.493 e. The normalized spacial score (nSPS) is 17.0. The zero-order chi connectivity index (χ0) is 31.1. The summed E-state index contributed by atoms with van der Waals surface area (Å²) in [7, 11) is 0. The van der Waals surface area contributed by atoms with Crippen molar-refractivity contribution >= 4 is 11.7 Å². The molecular weight excluding hydrogens is 553 g/mol. The number of piperidine rings is 1. The largest absolute Gasteiger partial charge is 0.493 e. The standard InChI is InChI=1S/C37H48FN3O3/c1-26-32(23-34(42)43)36(41-20-18-37(2,3)19-21-41)35(33(40-26)25-39-24-28-7-5-4-6-8-28)29-11-15-31(16-12-29)44-22-17-27-9-13-30(38)14-10-27/h9-16,28,39H,4-8,17-25H2,1-3H3,(H,42,43). The maximum atomic E-state index is 13.3. The van der Waals surface area contributed by atoms with Gasteiger partial charge in [0.05, 0.1) is 24.4 Å². The Bertz CT molecular complexity index is 1390. The van der Waals surface area contributed by atoms with E-state index in [9.17, 15) is 14.3 Å². The summed E-state index contributed by atoms with van der Waals surface area (Å²) in [6.07, 6.45) is 9.26. The molecule has 0 unspecified atom stereocenters. The SMILES string of the molecule is Cc1nc(CNCC2CCCCC2)c(-c2ccc(OCCc3ccc(F)cc3)cc2)c(N2CCC(C)(C)CC2)c1CC(=O)O. The number of aromatic nitrogens is 1. The highest BCUT2D eigenvalue weighted by atomic mass is 19.1. The van der Waals surface area contributed by atoms with Gasteiger partial charge < -0.3 is 20.1 Å². The number of rotatable bonds is 12. The summed E-state index contributed by atoms with van der Waals surface area (Å²) in [4.78, 5) is 19.6. The highest BCUT2D eigenvalue weighted by Crippen LogP contribution is 2.42. The number of hydrogen-bond acceptors (Lipinski definition) is 5. The number of ether oxygens (including phenoxy) is 1. The smallest absolute Gasteiger partial charge is 0.307 e. The van der Waals surface area contributed by atoms with Crippen molar-refractivity contribution in [2.24, 2.45) is 11.3 Å². The zero-order valence-corrected chi connectivity index (χ0v) is 26.6. The highest BCUT2D eigenvalue weighted by molar-refractivity contribution is 5.86. The molecule has 44 heavy (non-hydrogen) atoms. The quantitative estimate of drug-likeness (QED) is 0.221. The van der Waals surface area contributed by atoms with E-state index in [0.29, 0.717) is 25.5 Å². The van der Waals surface area contributed by atoms with Gasteiger partial charge in [-0.3, -0.25) is 9.78 Å². The first-order valence-corrected chi connectivity index (χ1v) is 16.4. The van der Waals surface area contributed by atoms with E-state index < -0.39 is 5.97 Å². The van der Waals surface area contributed by atoms with Crippen LogP contribution in [0, 0.1) is 24.1 Å². The Morgan fingerprint density at radius 2 is 1.73 bits per heavy atom. The van der Waals surface area contributed by atoms with E-state index in [-0.39, 0.29) is 17.7 Å². The van der Waals surface area contributed by atoms with Crippen LogP contribution >= 0.6 is 0 Å². The number of carbonyl (C=O) groups is 1. The molecule has 2 fully saturated rings. The predicted molar refractivity (Wildman–Crippen MR) is 175 cm³/mol. The number of nitrogens with zero attached hydrogens (tertiary/aromatic N) is 2. The number of pyridine rings is 1. The average Bonchev–Trinajstić information content (AvgIpc) is 3.00. The number of carboxylic acids is 1. The van der Waals surface area contributed by atoms with Crippen molar-refractivity contribution in [1.82, 2.24) is 10.3 Å². The average molecular weight is 602 g/mol. The molecule has 2 aliphatic rings. The monoisotopic (exact) mass is 601 g/mol. The van der Waals surface area contributed by atoms with Crippen LogP contribution in [-0.2, 0) is 24.2 Å². The van der Waals surface area contributed by atoms with Crippen molar-refractivity contribution in [3.8, 4) is 16.9 Å². The number of benzene rings is 2. The van der Waals surface area contributed by atoms with E-state index in [1.807, 2.05) is 19.1 Å². The minimum absolute atomic E-state index is 0.0541. The lowest BCUT2D eigenvalue weighted by atomic mass is 9.82. The Kier molecular flexibility index (Phi) is 10.6. The molecule has 1 aromatic heterocycles. The number of aliphatic carboxylic acids is 1. The first-order chi connectivity index (χ1) is 21.2. The van der Waals surface area contributed by atoms with Crippen LogP contribution in [0.4, 0.5) is 10.1 Å². The number of anilines is 1. The second-order valence-corrected chi connectivity index (χ2v) is 13.5. The van der Waals surface area contributed by atoms with Gasteiger partial charge in [-0.1, -0.05) is 57.4 Å². The molecule has 1 saturated heterocycles. The molecule has 0 bridgehead atoms. The van der Waals surface area contributed by atoms with Crippen molar-refractivity contribution < 1.29 is 19.0 Å². The van der Waals surface area contributed by atoms with Gasteiger partial charge in [0.1, 0.15) is 11.6 Å². The second-order valence-electron chi connectivity index (χ2n) is 13.5. The summed E-state index contributed by atoms with van der Waals surface area (Å²) in [6.45, 7) is 10.5. The Labute approximate surface area is 262 Å². The van der Waals surface area contributed by atoms with Gasteiger partial charge in [0, 0.05) is 42.9 Å². The molecule has 2 heterocycles. The van der Waals surface area contributed by atoms with Crippen molar-refractivity contribution in [3.63, 3.8) is 0 Å². The molecule has 0 spiro atoms. The van der Waals surface area contributed by atoms with Crippen LogP contribution in [0.3, 0.4) is 0 Å². The van der Waals surface area contributed by atoms with Crippen LogP contribution in [0.25, 0.3) is 11.1 Å². The van der Waals surface area contributed by atoms with E-state index >= 15 is 0 Å². The van der Waals surface area contributed by atoms with Gasteiger partial charge in [0.2, 0.25) is 0 Å². The molecular formula is C37H48FN3O3. The van der Waals surface area contributed by atoms with E-state index in [0.717, 1.165) is 77.6 Å². The maximum absolute atomic E-state index is 13.3. The summed E-state index contributed by atoms with van der Waals surface area (Å²) in [5.41, 5.74) is 6.94. The van der Waals surface area contributed by atoms with Crippen molar-refractivity contribution in [2.75, 3.05) is 31.1 Å². The maximum Gasteiger partial charge on any atom is 0.307 e. The van der Waals surface area contributed by atoms with Crippen molar-refractivity contribution in [1.29, 1.82) is 0 Å². The fraction of sp³-hybridized carbons (Fsp3) is 0.514. The fourth-order valence-electron chi connectivity index (χ4n) is 6.71. The zero-order valence-electron chi connectivity index (χ0n) is 26.6. The Balaban J connectivity index is 1.45. The molecule has 0 amide bonds. The van der Waals surface area contributed by atoms with Crippen LogP contribution in [0.5, 0.6) is 5.75 Å². The summed E-state index contributed by atoms with van der Waals surface area (Å²) in [5.74, 6) is 0.390. The number of hydrogen-bond donors (Lipinski definition) is 2. The van der Waals surface area contributed by atoms with Gasteiger partial charge in [-0.15, -0.1) is 0 Å². The second kappa shape index (κ2) is 14.6. The van der Waals surface area contributed by atoms with Crippen LogP contribution in [0.1, 0.15) is 81.3 Å². The predicted octanol–water partition coefficient (Wildman–Crippen LogP) is 7.74. The van der Waals surface area contributed by atoms with Crippen LogP contribution in [0.2, 0.25) is 0 Å². The molecule has 0 atom stereocenters. The number of carboxylic acid groups (broad SMARTS) is 1. The van der Waals surface area contributed by atoms with Gasteiger partial charge in [0.25, 0.3) is 0 Å². The van der Waals surface area contributed by atoms with Gasteiger partial charge in [-0.25, -0.2) is 4.39 Å². The van der Waals surface area contributed by atoms with Gasteiger partial charge in [-0.2, -0.15) is 0 Å². The van der Waals surface area contributed by atoms with Gasteiger partial charge in [0.15, 0.2) is 0 Å². The number of halogens is 1. The van der Waals surface area contributed by atoms with Crippen LogP contribution in [0.15, 0.2) is 48.5 Å². The molecule has 2 N–H and O–H groups in total. The third-order valence-corrected chi connectivity index (χ3v) is 9.48. The van der Waals surface area contributed by atoms with Gasteiger partial charge >= 0.3 is 5.97 Å². The fourth-order valence-corrected chi connectivity index (χ4v) is 6.71. The molecule has 2 aromatic carbocycles.